The van der Waals surface area contributed by atoms with Crippen LogP contribution in [0.25, 0.3) is 17.1 Å². The highest BCUT2D eigenvalue weighted by Crippen LogP contribution is 2.26. The molecule has 0 aliphatic heterocycles. The number of halogens is 3. The zero-order valence-corrected chi connectivity index (χ0v) is 15.2. The summed E-state index contributed by atoms with van der Waals surface area (Å²) in [7, 11) is 0. The Morgan fingerprint density at radius 1 is 1.10 bits per heavy atom. The van der Waals surface area contributed by atoms with Crippen molar-refractivity contribution in [2.45, 2.75) is 13.2 Å². The second-order valence-electron chi connectivity index (χ2n) is 5.53. The lowest BCUT2D eigenvalue weighted by Crippen LogP contribution is -2.07. The predicted molar refractivity (Wildman–Crippen MR) is 94.9 cm³/mol. The van der Waals surface area contributed by atoms with Gasteiger partial charge in [0.05, 0.1) is 10.7 Å². The van der Waals surface area contributed by atoms with Gasteiger partial charge in [0.15, 0.2) is 12.4 Å². The summed E-state index contributed by atoms with van der Waals surface area (Å²) < 4.78 is 40.7. The summed E-state index contributed by atoms with van der Waals surface area (Å²) in [4.78, 5) is 4.13. The Hall–Kier alpha value is -3.60. The fourth-order valence-electron chi connectivity index (χ4n) is 2.41. The zero-order chi connectivity index (χ0) is 20.2. The van der Waals surface area contributed by atoms with Crippen LogP contribution in [0.1, 0.15) is 5.82 Å². The summed E-state index contributed by atoms with van der Waals surface area (Å²) in [6.07, 6.45) is -0.0878. The molecule has 0 amide bonds. The molecule has 2 aromatic carbocycles. The maximum atomic E-state index is 12.2. The lowest BCUT2D eigenvalue weighted by atomic mass is 10.2. The van der Waals surface area contributed by atoms with Crippen LogP contribution in [0.4, 0.5) is 8.78 Å². The Morgan fingerprint density at radius 3 is 2.66 bits per heavy atom. The lowest BCUT2D eigenvalue weighted by molar-refractivity contribution is -0.0498. The Morgan fingerprint density at radius 2 is 1.90 bits per heavy atom. The molecule has 4 rings (SSSR count). The second kappa shape index (κ2) is 8.19. The Kier molecular flexibility index (Phi) is 5.29. The molecule has 148 valence electrons. The van der Waals surface area contributed by atoms with Gasteiger partial charge in [0.25, 0.3) is 0 Å². The smallest absolute Gasteiger partial charge is 0.418 e. The molecule has 12 heteroatoms. The molecule has 9 nitrogen and oxygen atoms in total. The lowest BCUT2D eigenvalue weighted by Gasteiger charge is -2.07. The first-order valence-corrected chi connectivity index (χ1v) is 8.52. The molecule has 0 bridgehead atoms. The molecule has 2 heterocycles. The molecule has 0 N–H and O–H groups in total. The van der Waals surface area contributed by atoms with E-state index in [0.717, 1.165) is 0 Å². The molecule has 0 saturated heterocycles. The molecule has 2 aromatic heterocycles. The predicted octanol–water partition coefficient (Wildman–Crippen LogP) is 3.55. The van der Waals surface area contributed by atoms with Gasteiger partial charge in [-0.05, 0) is 46.8 Å². The van der Waals surface area contributed by atoms with Crippen molar-refractivity contribution in [3.8, 4) is 28.9 Å². The van der Waals surface area contributed by atoms with Gasteiger partial charge in [-0.1, -0.05) is 28.9 Å². The van der Waals surface area contributed by atoms with Crippen LogP contribution in [0, 0.1) is 0 Å². The van der Waals surface area contributed by atoms with Crippen LogP contribution in [0.5, 0.6) is 11.8 Å². The van der Waals surface area contributed by atoms with E-state index in [2.05, 4.69) is 30.4 Å². The Labute approximate surface area is 166 Å². The van der Waals surface area contributed by atoms with Crippen molar-refractivity contribution >= 4 is 11.6 Å². The van der Waals surface area contributed by atoms with E-state index in [1.165, 1.54) is 28.9 Å². The molecule has 0 saturated carbocycles. The number of hydrogen-bond donors (Lipinski definition) is 0. The van der Waals surface area contributed by atoms with Gasteiger partial charge in [-0.3, -0.25) is 4.52 Å². The van der Waals surface area contributed by atoms with Crippen molar-refractivity contribution < 1.29 is 22.8 Å². The van der Waals surface area contributed by atoms with E-state index < -0.39 is 6.61 Å². The van der Waals surface area contributed by atoms with E-state index in [-0.39, 0.29) is 24.3 Å². The van der Waals surface area contributed by atoms with Crippen LogP contribution < -0.4 is 9.47 Å². The van der Waals surface area contributed by atoms with Gasteiger partial charge in [-0.25, -0.2) is 0 Å². The minimum Gasteiger partial charge on any atom is -0.441 e. The summed E-state index contributed by atoms with van der Waals surface area (Å²) in [5.41, 5.74) is 1.13. The van der Waals surface area contributed by atoms with Crippen LogP contribution in [0.2, 0.25) is 5.02 Å². The molecule has 0 radical (unpaired) electrons. The second-order valence-corrected chi connectivity index (χ2v) is 5.94. The van der Waals surface area contributed by atoms with Gasteiger partial charge in [0.2, 0.25) is 5.82 Å². The minimum absolute atomic E-state index is 0.0209. The van der Waals surface area contributed by atoms with E-state index >= 15 is 0 Å². The van der Waals surface area contributed by atoms with Crippen molar-refractivity contribution in [2.24, 2.45) is 0 Å². The maximum Gasteiger partial charge on any atom is 0.418 e. The van der Waals surface area contributed by atoms with Gasteiger partial charge >= 0.3 is 12.7 Å². The number of rotatable bonds is 7. The van der Waals surface area contributed by atoms with Gasteiger partial charge in [-0.15, -0.1) is 5.10 Å². The third-order valence-corrected chi connectivity index (χ3v) is 4.02. The Balaban J connectivity index is 1.46. The van der Waals surface area contributed by atoms with E-state index in [9.17, 15) is 8.78 Å². The topological polar surface area (TPSA) is 101 Å². The Bertz CT molecular complexity index is 1100. The van der Waals surface area contributed by atoms with Crippen molar-refractivity contribution in [3.63, 3.8) is 0 Å². The van der Waals surface area contributed by atoms with E-state index in [4.69, 9.17) is 20.9 Å². The fraction of sp³-hybridized carbons (Fsp3) is 0.118. The molecule has 4 aromatic rings. The molecule has 0 spiro atoms. The van der Waals surface area contributed by atoms with Gasteiger partial charge in [-0.2, -0.15) is 18.4 Å². The van der Waals surface area contributed by atoms with Crippen LogP contribution in [-0.2, 0) is 6.61 Å². The highest BCUT2D eigenvalue weighted by atomic mass is 35.5. The number of nitrogens with zero attached hydrogens (tertiary/aromatic N) is 6. The first-order chi connectivity index (χ1) is 14.1. The first kappa shape index (κ1) is 18.7. The minimum atomic E-state index is -2.90. The SMILES string of the molecule is FC(F)Oc1ccc(-n2nnnc2COc2nc(-c3ccccc3Cl)no2)cc1. The van der Waals surface area contributed by atoms with Crippen molar-refractivity contribution in [1.29, 1.82) is 0 Å². The number of benzene rings is 2. The monoisotopic (exact) mass is 420 g/mol. The summed E-state index contributed by atoms with van der Waals surface area (Å²) >= 11 is 6.11. The molecule has 29 heavy (non-hydrogen) atoms. The van der Waals surface area contributed by atoms with Gasteiger partial charge in [0, 0.05) is 5.56 Å². The van der Waals surface area contributed by atoms with Crippen LogP contribution in [0.15, 0.2) is 53.1 Å². The molecule has 0 fully saturated rings. The quantitative estimate of drug-likeness (QED) is 0.447. The molecular weight excluding hydrogens is 410 g/mol. The zero-order valence-electron chi connectivity index (χ0n) is 14.4. The van der Waals surface area contributed by atoms with Crippen molar-refractivity contribution in [1.82, 2.24) is 30.3 Å². The third kappa shape index (κ3) is 4.29. The largest absolute Gasteiger partial charge is 0.441 e. The molecule has 0 unspecified atom stereocenters. The molecule has 0 atom stereocenters. The molecule has 0 aliphatic rings. The van der Waals surface area contributed by atoms with Gasteiger partial charge < -0.3 is 9.47 Å². The number of alkyl halides is 2. The molecular formula is C17H11ClF2N6O3. The highest BCUT2D eigenvalue weighted by Gasteiger charge is 2.15. The maximum absolute atomic E-state index is 12.2. The van der Waals surface area contributed by atoms with Crippen LogP contribution >= 0.6 is 11.6 Å². The van der Waals surface area contributed by atoms with E-state index in [1.807, 2.05) is 0 Å². The number of aromatic nitrogens is 6. The third-order valence-electron chi connectivity index (χ3n) is 3.69. The summed E-state index contributed by atoms with van der Waals surface area (Å²) in [5.74, 6) is 0.623. The van der Waals surface area contributed by atoms with Crippen molar-refractivity contribution in [2.75, 3.05) is 0 Å². The number of tetrazole rings is 1. The van der Waals surface area contributed by atoms with Gasteiger partial charge in [0.1, 0.15) is 5.75 Å². The normalized spacial score (nSPS) is 11.0. The average molecular weight is 421 g/mol. The van der Waals surface area contributed by atoms with Crippen LogP contribution in [-0.4, -0.2) is 37.0 Å². The van der Waals surface area contributed by atoms with E-state index in [0.29, 0.717) is 22.1 Å². The van der Waals surface area contributed by atoms with E-state index in [1.54, 1.807) is 24.3 Å². The number of hydrogen-bond acceptors (Lipinski definition) is 8. The van der Waals surface area contributed by atoms with Crippen LogP contribution in [0.3, 0.4) is 0 Å². The summed E-state index contributed by atoms with van der Waals surface area (Å²) in [6.45, 7) is -2.98. The summed E-state index contributed by atoms with van der Waals surface area (Å²) in [5, 5.41) is 15.6. The average Bonchev–Trinajstić information content (AvgIpc) is 3.36. The highest BCUT2D eigenvalue weighted by molar-refractivity contribution is 6.33. The molecule has 0 aliphatic carbocycles. The standard InChI is InChI=1S/C17H11ClF2N6O3/c18-13-4-2-1-3-12(13)15-21-17(29-23-15)27-9-14-22-24-25-26(14)10-5-7-11(8-6-10)28-16(19)20/h1-8,16H,9H2. The number of ether oxygens (including phenoxy) is 2. The first-order valence-electron chi connectivity index (χ1n) is 8.14. The van der Waals surface area contributed by atoms with Crippen molar-refractivity contribution in [3.05, 3.63) is 59.4 Å². The fourth-order valence-corrected chi connectivity index (χ4v) is 2.63. The summed E-state index contributed by atoms with van der Waals surface area (Å²) in [6, 6.07) is 12.8.